The van der Waals surface area contributed by atoms with Gasteiger partial charge in [-0.3, -0.25) is 0 Å². The van der Waals surface area contributed by atoms with Crippen molar-refractivity contribution < 1.29 is 4.74 Å². The van der Waals surface area contributed by atoms with Crippen LogP contribution in [0.5, 0.6) is 5.75 Å². The van der Waals surface area contributed by atoms with Crippen molar-refractivity contribution in [1.82, 2.24) is 5.32 Å². The first kappa shape index (κ1) is 14.2. The van der Waals surface area contributed by atoms with Gasteiger partial charge in [0.1, 0.15) is 12.4 Å². The van der Waals surface area contributed by atoms with Gasteiger partial charge >= 0.3 is 0 Å². The molecule has 1 aliphatic carbocycles. The summed E-state index contributed by atoms with van der Waals surface area (Å²) in [5.41, 5.74) is 2.55. The van der Waals surface area contributed by atoms with Crippen LogP contribution < -0.4 is 10.1 Å². The number of ether oxygens (including phenoxy) is 1. The number of halogens is 3. The van der Waals surface area contributed by atoms with Gasteiger partial charge in [-0.1, -0.05) is 29.3 Å². The number of hydrogen-bond acceptors (Lipinski definition) is 2. The van der Waals surface area contributed by atoms with Crippen LogP contribution in [-0.2, 0) is 6.54 Å². The van der Waals surface area contributed by atoms with E-state index in [-0.39, 0.29) is 6.61 Å². The van der Waals surface area contributed by atoms with E-state index in [4.69, 9.17) is 27.9 Å². The van der Waals surface area contributed by atoms with E-state index in [9.17, 15) is 0 Å². The molecule has 5 heteroatoms. The molecule has 0 bridgehead atoms. The van der Waals surface area contributed by atoms with Crippen molar-refractivity contribution in [3.63, 3.8) is 0 Å². The lowest BCUT2D eigenvalue weighted by atomic mass is 10.2. The first-order valence-electron chi connectivity index (χ1n) is 5.78. The van der Waals surface area contributed by atoms with E-state index in [2.05, 4.69) is 27.3 Å². The Bertz CT molecular complexity index is 447. The Balaban J connectivity index is 1.91. The van der Waals surface area contributed by atoms with Gasteiger partial charge in [-0.25, -0.2) is 0 Å². The Hall–Kier alpha value is -0.220. The van der Waals surface area contributed by atoms with Crippen LogP contribution in [0.15, 0.2) is 33.2 Å². The average Bonchev–Trinajstić information content (AvgIpc) is 3.18. The van der Waals surface area contributed by atoms with Gasteiger partial charge in [-0.05, 0) is 46.5 Å². The topological polar surface area (TPSA) is 21.3 Å². The molecule has 0 amide bonds. The van der Waals surface area contributed by atoms with Crippen molar-refractivity contribution in [3.05, 3.63) is 38.8 Å². The summed E-state index contributed by atoms with van der Waals surface area (Å²) >= 11 is 14.7. The van der Waals surface area contributed by atoms with Crippen LogP contribution >= 0.6 is 39.1 Å². The molecule has 0 saturated heterocycles. The Morgan fingerprint density at radius 1 is 1.50 bits per heavy atom. The van der Waals surface area contributed by atoms with E-state index in [1.807, 2.05) is 12.1 Å². The Morgan fingerprint density at radius 3 is 2.89 bits per heavy atom. The van der Waals surface area contributed by atoms with Crippen LogP contribution in [-0.4, -0.2) is 12.6 Å². The normalized spacial score (nSPS) is 15.8. The number of hydrogen-bond donors (Lipinski definition) is 1. The van der Waals surface area contributed by atoms with E-state index in [0.29, 0.717) is 11.1 Å². The second-order valence-corrected chi connectivity index (χ2v) is 5.82. The fourth-order valence-electron chi connectivity index (χ4n) is 1.50. The third-order valence-corrected chi connectivity index (χ3v) is 3.87. The highest BCUT2D eigenvalue weighted by atomic mass is 79.9. The minimum absolute atomic E-state index is 0.281. The third-order valence-electron chi connectivity index (χ3n) is 2.65. The monoisotopic (exact) mass is 349 g/mol. The molecule has 1 aromatic carbocycles. The SMILES string of the molecule is ClC=C(Cl)COc1ccc(CNC2CC2)cc1Br. The van der Waals surface area contributed by atoms with Crippen molar-refractivity contribution >= 4 is 39.1 Å². The molecule has 0 unspecified atom stereocenters. The smallest absolute Gasteiger partial charge is 0.134 e. The minimum atomic E-state index is 0.281. The summed E-state index contributed by atoms with van der Waals surface area (Å²) in [4.78, 5) is 0. The zero-order valence-electron chi connectivity index (χ0n) is 9.76. The molecule has 0 radical (unpaired) electrons. The molecule has 2 nitrogen and oxygen atoms in total. The summed E-state index contributed by atoms with van der Waals surface area (Å²) in [6, 6.07) is 6.76. The Morgan fingerprint density at radius 2 is 2.28 bits per heavy atom. The first-order chi connectivity index (χ1) is 8.69. The molecular weight excluding hydrogens is 337 g/mol. The predicted molar refractivity (Wildman–Crippen MR) is 79.3 cm³/mol. The predicted octanol–water partition coefficient (Wildman–Crippen LogP) is 4.40. The molecule has 18 heavy (non-hydrogen) atoms. The molecule has 0 heterocycles. The Kier molecular flexibility index (Phi) is 5.37. The van der Waals surface area contributed by atoms with E-state index < -0.39 is 0 Å². The molecule has 1 fully saturated rings. The molecule has 1 aromatic rings. The molecule has 0 spiro atoms. The van der Waals surface area contributed by atoms with Gasteiger partial charge in [-0.15, -0.1) is 0 Å². The average molecular weight is 351 g/mol. The van der Waals surface area contributed by atoms with Crippen molar-refractivity contribution in [1.29, 1.82) is 0 Å². The van der Waals surface area contributed by atoms with Gasteiger partial charge < -0.3 is 10.1 Å². The second-order valence-electron chi connectivity index (χ2n) is 4.26. The van der Waals surface area contributed by atoms with Crippen molar-refractivity contribution in [2.24, 2.45) is 0 Å². The van der Waals surface area contributed by atoms with Gasteiger partial charge in [0.15, 0.2) is 0 Å². The number of nitrogens with one attached hydrogen (secondary N) is 1. The minimum Gasteiger partial charge on any atom is -0.487 e. The molecule has 0 aliphatic heterocycles. The highest BCUT2D eigenvalue weighted by molar-refractivity contribution is 9.10. The molecule has 1 N–H and O–H groups in total. The molecular formula is C13H14BrCl2NO. The Labute approximate surface area is 125 Å². The van der Waals surface area contributed by atoms with Gasteiger partial charge in [0.2, 0.25) is 0 Å². The molecule has 98 valence electrons. The van der Waals surface area contributed by atoms with E-state index in [1.54, 1.807) is 0 Å². The summed E-state index contributed by atoms with van der Waals surface area (Å²) < 4.78 is 6.46. The van der Waals surface area contributed by atoms with Crippen LogP contribution in [0, 0.1) is 0 Å². The van der Waals surface area contributed by atoms with Crippen LogP contribution in [0.1, 0.15) is 18.4 Å². The van der Waals surface area contributed by atoms with Gasteiger partial charge in [0.05, 0.1) is 9.51 Å². The summed E-state index contributed by atoms with van der Waals surface area (Å²) in [5, 5.41) is 3.94. The lowest BCUT2D eigenvalue weighted by Gasteiger charge is -2.09. The second kappa shape index (κ2) is 6.80. The maximum atomic E-state index is 5.77. The largest absolute Gasteiger partial charge is 0.487 e. The van der Waals surface area contributed by atoms with Gasteiger partial charge in [-0.2, -0.15) is 0 Å². The summed E-state index contributed by atoms with van der Waals surface area (Å²) in [6.07, 6.45) is 2.59. The molecule has 1 aliphatic rings. The van der Waals surface area contributed by atoms with Crippen LogP contribution in [0.25, 0.3) is 0 Å². The molecule has 0 atom stereocenters. The lowest BCUT2D eigenvalue weighted by molar-refractivity contribution is 0.357. The standard InChI is InChI=1S/C13H14BrCl2NO/c14-12-5-9(7-17-11-2-3-11)1-4-13(12)18-8-10(16)6-15/h1,4-6,11,17H,2-3,7-8H2. The van der Waals surface area contributed by atoms with E-state index >= 15 is 0 Å². The van der Waals surface area contributed by atoms with Crippen molar-refractivity contribution in [2.45, 2.75) is 25.4 Å². The maximum Gasteiger partial charge on any atom is 0.134 e. The summed E-state index contributed by atoms with van der Waals surface area (Å²) in [6.45, 7) is 1.18. The zero-order chi connectivity index (χ0) is 13.0. The van der Waals surface area contributed by atoms with Crippen LogP contribution in [0.2, 0.25) is 0 Å². The van der Waals surface area contributed by atoms with Crippen molar-refractivity contribution in [3.8, 4) is 5.75 Å². The maximum absolute atomic E-state index is 5.77. The van der Waals surface area contributed by atoms with Crippen molar-refractivity contribution in [2.75, 3.05) is 6.61 Å². The number of benzene rings is 1. The zero-order valence-corrected chi connectivity index (χ0v) is 12.9. The fourth-order valence-corrected chi connectivity index (χ4v) is 2.16. The summed E-state index contributed by atoms with van der Waals surface area (Å²) in [5.74, 6) is 0.766. The first-order valence-corrected chi connectivity index (χ1v) is 7.39. The number of rotatable bonds is 6. The highest BCUT2D eigenvalue weighted by Crippen LogP contribution is 2.27. The van der Waals surface area contributed by atoms with Gasteiger partial charge in [0.25, 0.3) is 0 Å². The highest BCUT2D eigenvalue weighted by Gasteiger charge is 2.19. The van der Waals surface area contributed by atoms with Crippen LogP contribution in [0.3, 0.4) is 0 Å². The van der Waals surface area contributed by atoms with Gasteiger partial charge in [0, 0.05) is 18.1 Å². The third kappa shape index (κ3) is 4.47. The quantitative estimate of drug-likeness (QED) is 0.821. The van der Waals surface area contributed by atoms with Crippen LogP contribution in [0.4, 0.5) is 0 Å². The molecule has 2 rings (SSSR count). The van der Waals surface area contributed by atoms with E-state index in [0.717, 1.165) is 16.8 Å². The van der Waals surface area contributed by atoms with E-state index in [1.165, 1.54) is 23.9 Å². The lowest BCUT2D eigenvalue weighted by Crippen LogP contribution is -2.15. The summed E-state index contributed by atoms with van der Waals surface area (Å²) in [7, 11) is 0. The molecule has 0 aromatic heterocycles. The fraction of sp³-hybridized carbons (Fsp3) is 0.385. The molecule has 1 saturated carbocycles.